The van der Waals surface area contributed by atoms with Crippen LogP contribution < -0.4 is 4.74 Å². The van der Waals surface area contributed by atoms with Gasteiger partial charge in [-0.05, 0) is 54.1 Å². The third-order valence-corrected chi connectivity index (χ3v) is 4.83. The SMILES string of the molecule is CCOc1cc(/C=C2/SC(=O)N(Cc3ccccc3C#N)C2=O)ccc1O. The van der Waals surface area contributed by atoms with Crippen molar-refractivity contribution >= 4 is 29.0 Å². The van der Waals surface area contributed by atoms with Gasteiger partial charge in [0.15, 0.2) is 11.5 Å². The predicted octanol–water partition coefficient (Wildman–Crippen LogP) is 3.90. The van der Waals surface area contributed by atoms with Gasteiger partial charge in [-0.3, -0.25) is 14.5 Å². The number of nitriles is 1. The van der Waals surface area contributed by atoms with E-state index in [0.717, 1.165) is 16.7 Å². The summed E-state index contributed by atoms with van der Waals surface area (Å²) in [6.07, 6.45) is 1.59. The number of carbonyl (C=O) groups is 2. The van der Waals surface area contributed by atoms with Gasteiger partial charge in [0.25, 0.3) is 11.1 Å². The number of nitrogens with zero attached hydrogens (tertiary/aromatic N) is 2. The second-order valence-electron chi connectivity index (χ2n) is 5.70. The van der Waals surface area contributed by atoms with E-state index in [1.165, 1.54) is 6.07 Å². The smallest absolute Gasteiger partial charge is 0.293 e. The first-order valence-corrected chi connectivity index (χ1v) is 9.04. The number of amides is 2. The van der Waals surface area contributed by atoms with Gasteiger partial charge < -0.3 is 9.84 Å². The van der Waals surface area contributed by atoms with Crippen LogP contribution in [0.2, 0.25) is 0 Å². The van der Waals surface area contributed by atoms with Crippen molar-refractivity contribution in [1.29, 1.82) is 5.26 Å². The van der Waals surface area contributed by atoms with E-state index in [1.807, 2.05) is 0 Å². The van der Waals surface area contributed by atoms with E-state index in [2.05, 4.69) is 6.07 Å². The highest BCUT2D eigenvalue weighted by Crippen LogP contribution is 2.35. The van der Waals surface area contributed by atoms with Gasteiger partial charge in [-0.1, -0.05) is 24.3 Å². The normalized spacial score (nSPS) is 15.3. The van der Waals surface area contributed by atoms with Crippen molar-refractivity contribution in [1.82, 2.24) is 4.90 Å². The Morgan fingerprint density at radius 3 is 2.78 bits per heavy atom. The number of aromatic hydroxyl groups is 1. The molecular weight excluding hydrogens is 364 g/mol. The molecule has 1 aliphatic rings. The number of thioether (sulfide) groups is 1. The Hall–Kier alpha value is -3.24. The number of ether oxygens (including phenoxy) is 1. The Kier molecular flexibility index (Phi) is 5.48. The van der Waals surface area contributed by atoms with Gasteiger partial charge in [0.2, 0.25) is 0 Å². The highest BCUT2D eigenvalue weighted by atomic mass is 32.2. The molecule has 0 spiro atoms. The van der Waals surface area contributed by atoms with Crippen molar-refractivity contribution < 1.29 is 19.4 Å². The monoisotopic (exact) mass is 380 g/mol. The van der Waals surface area contributed by atoms with Gasteiger partial charge in [-0.25, -0.2) is 0 Å². The molecule has 2 amide bonds. The minimum atomic E-state index is -0.413. The molecule has 1 aliphatic heterocycles. The third kappa shape index (κ3) is 3.96. The largest absolute Gasteiger partial charge is 0.504 e. The van der Waals surface area contributed by atoms with Crippen LogP contribution in [0.25, 0.3) is 6.08 Å². The van der Waals surface area contributed by atoms with E-state index in [-0.39, 0.29) is 22.4 Å². The number of hydrogen-bond donors (Lipinski definition) is 1. The van der Waals surface area contributed by atoms with E-state index < -0.39 is 5.91 Å². The quantitative estimate of drug-likeness (QED) is 0.791. The first-order valence-electron chi connectivity index (χ1n) is 8.22. The van der Waals surface area contributed by atoms with Crippen LogP contribution in [0.3, 0.4) is 0 Å². The molecule has 0 unspecified atom stereocenters. The van der Waals surface area contributed by atoms with E-state index in [0.29, 0.717) is 29.0 Å². The molecule has 7 heteroatoms. The lowest BCUT2D eigenvalue weighted by atomic mass is 10.1. The molecular formula is C20H16N2O4S. The standard InChI is InChI=1S/C20H16N2O4S/c1-2-26-17-9-13(7-8-16(17)23)10-18-19(24)22(20(25)27-18)12-15-6-4-3-5-14(15)11-21/h3-10,23H,2,12H2,1H3/b18-10+. The maximum atomic E-state index is 12.7. The fourth-order valence-corrected chi connectivity index (χ4v) is 3.46. The lowest BCUT2D eigenvalue weighted by Crippen LogP contribution is -2.27. The third-order valence-electron chi connectivity index (χ3n) is 3.92. The summed E-state index contributed by atoms with van der Waals surface area (Å²) in [7, 11) is 0. The Balaban J connectivity index is 1.85. The van der Waals surface area contributed by atoms with Gasteiger partial charge >= 0.3 is 0 Å². The molecule has 1 heterocycles. The summed E-state index contributed by atoms with van der Waals surface area (Å²) in [6, 6.07) is 13.7. The fraction of sp³-hybridized carbons (Fsp3) is 0.150. The van der Waals surface area contributed by atoms with Crippen LogP contribution in [-0.4, -0.2) is 27.8 Å². The van der Waals surface area contributed by atoms with Crippen molar-refractivity contribution in [3.63, 3.8) is 0 Å². The number of benzene rings is 2. The number of imide groups is 1. The van der Waals surface area contributed by atoms with Crippen LogP contribution in [0.5, 0.6) is 11.5 Å². The van der Waals surface area contributed by atoms with Gasteiger partial charge in [0, 0.05) is 0 Å². The number of phenolic OH excluding ortho intramolecular Hbond substituents is 1. The van der Waals surface area contributed by atoms with Gasteiger partial charge in [-0.2, -0.15) is 5.26 Å². The van der Waals surface area contributed by atoms with Crippen molar-refractivity contribution in [2.45, 2.75) is 13.5 Å². The first-order chi connectivity index (χ1) is 13.0. The molecule has 0 aromatic heterocycles. The Morgan fingerprint density at radius 2 is 2.04 bits per heavy atom. The summed E-state index contributed by atoms with van der Waals surface area (Å²) in [6.45, 7) is 2.24. The van der Waals surface area contributed by atoms with E-state index in [4.69, 9.17) is 4.74 Å². The van der Waals surface area contributed by atoms with Crippen LogP contribution in [0.15, 0.2) is 47.4 Å². The van der Waals surface area contributed by atoms with Gasteiger partial charge in [-0.15, -0.1) is 0 Å². The van der Waals surface area contributed by atoms with Crippen molar-refractivity contribution in [3.05, 3.63) is 64.1 Å². The van der Waals surface area contributed by atoms with Gasteiger partial charge in [0.1, 0.15) is 0 Å². The van der Waals surface area contributed by atoms with Crippen LogP contribution in [0, 0.1) is 11.3 Å². The molecule has 0 aliphatic carbocycles. The highest BCUT2D eigenvalue weighted by molar-refractivity contribution is 8.18. The molecule has 2 aromatic carbocycles. The van der Waals surface area contributed by atoms with Crippen LogP contribution in [-0.2, 0) is 11.3 Å². The summed E-state index contributed by atoms with van der Waals surface area (Å²) in [5.74, 6) is -0.0904. The molecule has 2 aromatic rings. The maximum absolute atomic E-state index is 12.7. The molecule has 1 N–H and O–H groups in total. The molecule has 27 heavy (non-hydrogen) atoms. The minimum Gasteiger partial charge on any atom is -0.504 e. The topological polar surface area (TPSA) is 90.6 Å². The van der Waals surface area contributed by atoms with E-state index in [9.17, 15) is 20.0 Å². The second kappa shape index (κ2) is 7.98. The van der Waals surface area contributed by atoms with Gasteiger partial charge in [0.05, 0.1) is 29.7 Å². The molecule has 6 nitrogen and oxygen atoms in total. The van der Waals surface area contributed by atoms with Crippen LogP contribution in [0.4, 0.5) is 4.79 Å². The first kappa shape index (κ1) is 18.5. The summed E-state index contributed by atoms with van der Waals surface area (Å²) >= 11 is 0.845. The zero-order valence-corrected chi connectivity index (χ0v) is 15.3. The minimum absolute atomic E-state index is 0.00946. The molecule has 0 saturated carbocycles. The summed E-state index contributed by atoms with van der Waals surface area (Å²) in [4.78, 5) is 26.3. The Bertz CT molecular complexity index is 978. The molecule has 0 bridgehead atoms. The van der Waals surface area contributed by atoms with E-state index in [1.54, 1.807) is 49.4 Å². The maximum Gasteiger partial charge on any atom is 0.293 e. The predicted molar refractivity (Wildman–Crippen MR) is 102 cm³/mol. The molecule has 0 atom stereocenters. The fourth-order valence-electron chi connectivity index (χ4n) is 2.62. The van der Waals surface area contributed by atoms with Crippen molar-refractivity contribution in [2.75, 3.05) is 6.61 Å². The van der Waals surface area contributed by atoms with Crippen LogP contribution in [0.1, 0.15) is 23.6 Å². The van der Waals surface area contributed by atoms with E-state index >= 15 is 0 Å². The van der Waals surface area contributed by atoms with Crippen molar-refractivity contribution in [2.24, 2.45) is 0 Å². The second-order valence-corrected chi connectivity index (χ2v) is 6.69. The molecule has 3 rings (SSSR count). The number of carbonyl (C=O) groups excluding carboxylic acids is 2. The molecule has 0 radical (unpaired) electrons. The molecule has 136 valence electrons. The molecule has 1 fully saturated rings. The average Bonchev–Trinajstić information content (AvgIpc) is 2.92. The summed E-state index contributed by atoms with van der Waals surface area (Å²) < 4.78 is 5.34. The number of phenols is 1. The summed E-state index contributed by atoms with van der Waals surface area (Å²) in [5, 5.41) is 18.6. The van der Waals surface area contributed by atoms with Crippen molar-refractivity contribution in [3.8, 4) is 17.6 Å². The lowest BCUT2D eigenvalue weighted by Gasteiger charge is -2.13. The number of rotatable bonds is 5. The van der Waals surface area contributed by atoms with Crippen LogP contribution >= 0.6 is 11.8 Å². The Labute approximate surface area is 160 Å². The Morgan fingerprint density at radius 1 is 1.26 bits per heavy atom. The number of hydrogen-bond acceptors (Lipinski definition) is 6. The highest BCUT2D eigenvalue weighted by Gasteiger charge is 2.35. The molecule has 1 saturated heterocycles. The summed E-state index contributed by atoms with van der Waals surface area (Å²) in [5.41, 5.74) is 1.69. The lowest BCUT2D eigenvalue weighted by molar-refractivity contribution is -0.123. The zero-order valence-electron chi connectivity index (χ0n) is 14.5. The average molecular weight is 380 g/mol. The zero-order chi connectivity index (χ0) is 19.4.